The number of anilines is 1. The summed E-state index contributed by atoms with van der Waals surface area (Å²) in [5.74, 6) is 0.119. The van der Waals surface area contributed by atoms with Crippen LogP contribution in [0.4, 0.5) is 5.69 Å². The Balaban J connectivity index is 1.43. The number of benzene rings is 2. The maximum atomic E-state index is 12.2. The first-order chi connectivity index (χ1) is 14.5. The predicted octanol–water partition coefficient (Wildman–Crippen LogP) is 3.86. The highest BCUT2D eigenvalue weighted by atomic mass is 32.2. The van der Waals surface area contributed by atoms with Crippen LogP contribution in [0.2, 0.25) is 0 Å². The predicted molar refractivity (Wildman–Crippen MR) is 120 cm³/mol. The highest BCUT2D eigenvalue weighted by molar-refractivity contribution is 7.98. The van der Waals surface area contributed by atoms with Crippen molar-refractivity contribution < 1.29 is 9.59 Å². The molecule has 154 valence electrons. The topological polar surface area (TPSA) is 83.1 Å². The summed E-state index contributed by atoms with van der Waals surface area (Å²) in [7, 11) is 0. The number of carbonyl (C=O) groups excluding carboxylic acids is 2. The molecule has 2 amide bonds. The summed E-state index contributed by atoms with van der Waals surface area (Å²) in [6, 6.07) is 17.1. The fraction of sp³-hybridized carbons (Fsp3) is 0.174. The smallest absolute Gasteiger partial charge is 0.269 e. The third kappa shape index (κ3) is 6.35. The average Bonchev–Trinajstić information content (AvgIpc) is 2.76. The number of hydrogen-bond acceptors (Lipinski definition) is 5. The van der Waals surface area contributed by atoms with Crippen molar-refractivity contribution in [3.63, 3.8) is 0 Å². The molecule has 0 radical (unpaired) electrons. The molecule has 3 aromatic rings. The molecule has 0 aliphatic carbocycles. The van der Waals surface area contributed by atoms with Crippen molar-refractivity contribution in [2.24, 2.45) is 0 Å². The molecule has 0 unspecified atom stereocenters. The van der Waals surface area contributed by atoms with Gasteiger partial charge < -0.3 is 5.32 Å². The van der Waals surface area contributed by atoms with Gasteiger partial charge in [-0.15, -0.1) is 11.8 Å². The van der Waals surface area contributed by atoms with Gasteiger partial charge in [-0.1, -0.05) is 23.8 Å². The van der Waals surface area contributed by atoms with Crippen molar-refractivity contribution in [1.29, 1.82) is 0 Å². The lowest BCUT2D eigenvalue weighted by Crippen LogP contribution is -2.44. The summed E-state index contributed by atoms with van der Waals surface area (Å²) in [5.41, 5.74) is 9.60. The Morgan fingerprint density at radius 3 is 2.50 bits per heavy atom. The maximum Gasteiger partial charge on any atom is 0.269 e. The fourth-order valence-electron chi connectivity index (χ4n) is 2.78. The minimum absolute atomic E-state index is 0.0636. The second kappa shape index (κ2) is 10.5. The normalized spacial score (nSPS) is 10.3. The molecular formula is C23H24N4O2S. The molecule has 0 aliphatic rings. The van der Waals surface area contributed by atoms with Gasteiger partial charge in [0.05, 0.1) is 6.54 Å². The van der Waals surface area contributed by atoms with Gasteiger partial charge in [0.25, 0.3) is 11.8 Å². The standard InChI is InChI=1S/C23H24N4O2S/c1-16-5-10-21(17(2)12-16)25-14-22(28)26-27-23(29)19-6-8-20(9-7-19)30-15-18-4-3-11-24-13-18/h3-13,25H,14-15H2,1-2H3,(H,26,28)(H,27,29). The molecular weight excluding hydrogens is 396 g/mol. The monoisotopic (exact) mass is 420 g/mol. The number of aryl methyl sites for hydroxylation is 2. The van der Waals surface area contributed by atoms with Crippen molar-refractivity contribution >= 4 is 29.3 Å². The molecule has 0 aliphatic heterocycles. The number of hydrogen-bond donors (Lipinski definition) is 3. The first-order valence-corrected chi connectivity index (χ1v) is 10.5. The Morgan fingerprint density at radius 1 is 1.00 bits per heavy atom. The van der Waals surface area contributed by atoms with E-state index in [1.807, 2.05) is 62.5 Å². The zero-order valence-electron chi connectivity index (χ0n) is 16.9. The SMILES string of the molecule is Cc1ccc(NCC(=O)NNC(=O)c2ccc(SCc3cccnc3)cc2)c(C)c1. The van der Waals surface area contributed by atoms with E-state index >= 15 is 0 Å². The van der Waals surface area contributed by atoms with E-state index in [9.17, 15) is 9.59 Å². The second-order valence-electron chi connectivity index (χ2n) is 6.85. The Kier molecular flexibility index (Phi) is 7.45. The molecule has 0 saturated heterocycles. The number of carbonyl (C=O) groups is 2. The van der Waals surface area contributed by atoms with Gasteiger partial charge in [-0.2, -0.15) is 0 Å². The number of hydrazine groups is 1. The van der Waals surface area contributed by atoms with Gasteiger partial charge in [0, 0.05) is 34.3 Å². The van der Waals surface area contributed by atoms with Crippen LogP contribution < -0.4 is 16.2 Å². The summed E-state index contributed by atoms with van der Waals surface area (Å²) in [5, 5.41) is 3.07. The Hall–Kier alpha value is -3.32. The molecule has 3 rings (SSSR count). The van der Waals surface area contributed by atoms with Crippen LogP contribution in [0.5, 0.6) is 0 Å². The lowest BCUT2D eigenvalue weighted by molar-refractivity contribution is -0.120. The van der Waals surface area contributed by atoms with Crippen molar-refractivity contribution in [3.8, 4) is 0 Å². The van der Waals surface area contributed by atoms with Crippen LogP contribution >= 0.6 is 11.8 Å². The first-order valence-electron chi connectivity index (χ1n) is 9.53. The maximum absolute atomic E-state index is 12.2. The van der Waals surface area contributed by atoms with Gasteiger partial charge in [0.1, 0.15) is 0 Å². The van der Waals surface area contributed by atoms with Crippen molar-refractivity contribution in [2.75, 3.05) is 11.9 Å². The van der Waals surface area contributed by atoms with Crippen LogP contribution in [0.25, 0.3) is 0 Å². The van der Waals surface area contributed by atoms with E-state index in [0.717, 1.165) is 33.0 Å². The average molecular weight is 421 g/mol. The van der Waals surface area contributed by atoms with E-state index < -0.39 is 0 Å². The third-order valence-electron chi connectivity index (χ3n) is 4.38. The Labute approximate surface area is 180 Å². The summed E-state index contributed by atoms with van der Waals surface area (Å²) < 4.78 is 0. The largest absolute Gasteiger partial charge is 0.376 e. The van der Waals surface area contributed by atoms with E-state index in [4.69, 9.17) is 0 Å². The van der Waals surface area contributed by atoms with Crippen molar-refractivity contribution in [2.45, 2.75) is 24.5 Å². The fourth-order valence-corrected chi connectivity index (χ4v) is 3.62. The quantitative estimate of drug-likeness (QED) is 0.399. The van der Waals surface area contributed by atoms with Crippen molar-refractivity contribution in [1.82, 2.24) is 15.8 Å². The van der Waals surface area contributed by atoms with Gasteiger partial charge in [0.15, 0.2) is 0 Å². The summed E-state index contributed by atoms with van der Waals surface area (Å²) in [4.78, 5) is 29.4. The first kappa shape index (κ1) is 21.4. The van der Waals surface area contributed by atoms with Crippen LogP contribution in [0, 0.1) is 13.8 Å². The molecule has 0 fully saturated rings. The molecule has 1 heterocycles. The Morgan fingerprint density at radius 2 is 1.80 bits per heavy atom. The van der Waals surface area contributed by atoms with Crippen LogP contribution in [-0.2, 0) is 10.5 Å². The summed E-state index contributed by atoms with van der Waals surface area (Å²) in [6.45, 7) is 4.06. The number of thioether (sulfide) groups is 1. The number of nitrogens with zero attached hydrogens (tertiary/aromatic N) is 1. The number of rotatable bonds is 7. The van der Waals surface area contributed by atoms with E-state index in [0.29, 0.717) is 5.56 Å². The van der Waals surface area contributed by atoms with E-state index in [1.165, 1.54) is 0 Å². The highest BCUT2D eigenvalue weighted by Gasteiger charge is 2.08. The van der Waals surface area contributed by atoms with Crippen LogP contribution in [-0.4, -0.2) is 23.3 Å². The minimum atomic E-state index is -0.362. The molecule has 1 aromatic heterocycles. The number of nitrogens with one attached hydrogen (secondary N) is 3. The lowest BCUT2D eigenvalue weighted by Gasteiger charge is -2.11. The number of amides is 2. The molecule has 0 atom stereocenters. The summed E-state index contributed by atoms with van der Waals surface area (Å²) >= 11 is 1.67. The van der Waals surface area contributed by atoms with E-state index in [-0.39, 0.29) is 18.4 Å². The van der Waals surface area contributed by atoms with Gasteiger partial charge in [0.2, 0.25) is 0 Å². The highest BCUT2D eigenvalue weighted by Crippen LogP contribution is 2.22. The lowest BCUT2D eigenvalue weighted by atomic mass is 10.1. The van der Waals surface area contributed by atoms with Crippen LogP contribution in [0.1, 0.15) is 27.0 Å². The van der Waals surface area contributed by atoms with Gasteiger partial charge in [-0.3, -0.25) is 25.4 Å². The van der Waals surface area contributed by atoms with E-state index in [1.54, 1.807) is 30.1 Å². The van der Waals surface area contributed by atoms with Crippen LogP contribution in [0.3, 0.4) is 0 Å². The van der Waals surface area contributed by atoms with Gasteiger partial charge >= 0.3 is 0 Å². The van der Waals surface area contributed by atoms with E-state index in [2.05, 4.69) is 21.2 Å². The van der Waals surface area contributed by atoms with Crippen molar-refractivity contribution in [3.05, 3.63) is 89.2 Å². The van der Waals surface area contributed by atoms with Crippen LogP contribution in [0.15, 0.2) is 71.9 Å². The summed E-state index contributed by atoms with van der Waals surface area (Å²) in [6.07, 6.45) is 3.59. The number of aromatic nitrogens is 1. The minimum Gasteiger partial charge on any atom is -0.376 e. The molecule has 7 heteroatoms. The molecule has 0 spiro atoms. The molecule has 0 saturated carbocycles. The molecule has 3 N–H and O–H groups in total. The van der Waals surface area contributed by atoms with Gasteiger partial charge in [-0.05, 0) is 61.4 Å². The molecule has 0 bridgehead atoms. The molecule has 6 nitrogen and oxygen atoms in total. The molecule has 2 aromatic carbocycles. The third-order valence-corrected chi connectivity index (χ3v) is 5.46. The zero-order valence-corrected chi connectivity index (χ0v) is 17.8. The number of pyridine rings is 1. The van der Waals surface area contributed by atoms with Gasteiger partial charge in [-0.25, -0.2) is 0 Å². The zero-order chi connectivity index (χ0) is 21.3. The molecule has 30 heavy (non-hydrogen) atoms. The second-order valence-corrected chi connectivity index (χ2v) is 7.90. The Bertz CT molecular complexity index is 1010.